The number of hydrogen-bond donors (Lipinski definition) is 1. The predicted octanol–water partition coefficient (Wildman–Crippen LogP) is 4.21. The average Bonchev–Trinajstić information content (AvgIpc) is 2.94. The van der Waals surface area contributed by atoms with Gasteiger partial charge in [-0.25, -0.2) is 4.39 Å². The Bertz CT molecular complexity index is 1070. The van der Waals surface area contributed by atoms with Gasteiger partial charge in [0, 0.05) is 16.1 Å². The fraction of sp³-hybridized carbons (Fsp3) is 0.150. The monoisotopic (exact) mass is 383 g/mol. The van der Waals surface area contributed by atoms with Gasteiger partial charge in [-0.2, -0.15) is 0 Å². The Hall–Kier alpha value is -2.99. The molecule has 1 aromatic heterocycles. The van der Waals surface area contributed by atoms with Crippen LogP contribution in [0.1, 0.15) is 35.0 Å². The molecule has 0 unspecified atom stereocenters. The van der Waals surface area contributed by atoms with Crippen LogP contribution in [0.5, 0.6) is 0 Å². The molecule has 0 saturated heterocycles. The summed E-state index contributed by atoms with van der Waals surface area (Å²) in [6.07, 6.45) is -0.0464. The number of hydrogen-bond acceptors (Lipinski definition) is 4. The van der Waals surface area contributed by atoms with E-state index >= 15 is 0 Å². The minimum Gasteiger partial charge on any atom is -0.370 e. The summed E-state index contributed by atoms with van der Waals surface area (Å²) in [6.45, 7) is 1.80. The van der Waals surface area contributed by atoms with Crippen LogP contribution in [0.2, 0.25) is 5.02 Å². The summed E-state index contributed by atoms with van der Waals surface area (Å²) in [5.41, 5.74) is 9.40. The Balaban J connectivity index is 2.02. The summed E-state index contributed by atoms with van der Waals surface area (Å²) in [6, 6.07) is 10.9. The van der Waals surface area contributed by atoms with Crippen molar-refractivity contribution in [2.24, 2.45) is 10.7 Å². The number of primary amides is 1. The van der Waals surface area contributed by atoms with Gasteiger partial charge in [-0.1, -0.05) is 35.0 Å². The van der Waals surface area contributed by atoms with Gasteiger partial charge >= 0.3 is 0 Å². The highest BCUT2D eigenvalue weighted by Gasteiger charge is 2.31. The number of nitrogens with two attached hydrogens (primary N) is 1. The summed E-state index contributed by atoms with van der Waals surface area (Å²) in [4.78, 5) is 16.3. The molecule has 1 amide bonds. The molecular formula is C20H15ClFN3O2. The molecule has 1 aliphatic rings. The topological polar surface area (TPSA) is 81.5 Å². The minimum atomic E-state index is -0.653. The van der Waals surface area contributed by atoms with Gasteiger partial charge < -0.3 is 10.3 Å². The van der Waals surface area contributed by atoms with Crippen molar-refractivity contribution in [1.82, 2.24) is 5.16 Å². The lowest BCUT2D eigenvalue weighted by atomic mass is 9.92. The number of carbonyl (C=O) groups excluding carboxylic acids is 1. The van der Waals surface area contributed by atoms with Crippen molar-refractivity contribution in [3.63, 3.8) is 0 Å². The fourth-order valence-electron chi connectivity index (χ4n) is 3.32. The summed E-state index contributed by atoms with van der Waals surface area (Å²) in [5.74, 6) is -0.459. The van der Waals surface area contributed by atoms with E-state index in [0.717, 1.165) is 11.1 Å². The SMILES string of the molecule is Cc1noc2c1-c1ccc(F)cc1C(c1ccc(Cl)cc1)=N[C@H]2CC(N)=O. The lowest BCUT2D eigenvalue weighted by Crippen LogP contribution is -2.15. The van der Waals surface area contributed by atoms with Gasteiger partial charge in [-0.3, -0.25) is 9.79 Å². The third-order valence-corrected chi connectivity index (χ3v) is 4.75. The van der Waals surface area contributed by atoms with Crippen molar-refractivity contribution in [3.05, 3.63) is 75.9 Å². The van der Waals surface area contributed by atoms with Crippen LogP contribution < -0.4 is 5.73 Å². The van der Waals surface area contributed by atoms with Gasteiger partial charge in [-0.15, -0.1) is 0 Å². The molecule has 0 aliphatic carbocycles. The van der Waals surface area contributed by atoms with E-state index in [4.69, 9.17) is 26.9 Å². The number of rotatable bonds is 3. The maximum Gasteiger partial charge on any atom is 0.220 e. The lowest BCUT2D eigenvalue weighted by Gasteiger charge is -2.11. The number of nitrogens with zero attached hydrogens (tertiary/aromatic N) is 2. The number of carbonyl (C=O) groups is 1. The van der Waals surface area contributed by atoms with Crippen molar-refractivity contribution >= 4 is 23.2 Å². The Kier molecular flexibility index (Phi) is 4.28. The minimum absolute atomic E-state index is 0.0464. The standard InChI is InChI=1S/C20H15ClFN3O2/c1-10-18-14-7-6-13(22)8-15(14)19(11-2-4-12(21)5-3-11)24-16(9-17(23)26)20(18)27-25-10/h2-8,16H,9H2,1H3,(H2,23,26)/t16-/m0/s1. The van der Waals surface area contributed by atoms with Crippen molar-refractivity contribution in [2.45, 2.75) is 19.4 Å². The number of aliphatic imine (C=N–C) groups is 1. The van der Waals surface area contributed by atoms with Crippen LogP contribution in [0.3, 0.4) is 0 Å². The highest BCUT2D eigenvalue weighted by molar-refractivity contribution is 6.30. The Morgan fingerprint density at radius 1 is 1.22 bits per heavy atom. The zero-order valence-corrected chi connectivity index (χ0v) is 15.1. The number of fused-ring (bicyclic) bond motifs is 3. The Labute approximate surface area is 159 Å². The van der Waals surface area contributed by atoms with Gasteiger partial charge in [0.2, 0.25) is 5.91 Å². The molecule has 1 aliphatic heterocycles. The van der Waals surface area contributed by atoms with E-state index in [0.29, 0.717) is 33.3 Å². The largest absolute Gasteiger partial charge is 0.370 e. The number of amides is 1. The van der Waals surface area contributed by atoms with Crippen LogP contribution in [0.25, 0.3) is 11.1 Å². The van der Waals surface area contributed by atoms with Gasteiger partial charge in [0.05, 0.1) is 23.4 Å². The maximum absolute atomic E-state index is 14.1. The molecule has 5 nitrogen and oxygen atoms in total. The van der Waals surface area contributed by atoms with E-state index in [1.807, 2.05) is 0 Å². The average molecular weight is 384 g/mol. The first kappa shape index (κ1) is 17.4. The van der Waals surface area contributed by atoms with Crippen molar-refractivity contribution in [2.75, 3.05) is 0 Å². The van der Waals surface area contributed by atoms with E-state index in [1.54, 1.807) is 37.3 Å². The highest BCUT2D eigenvalue weighted by atomic mass is 35.5. The second kappa shape index (κ2) is 6.63. The molecule has 2 N–H and O–H groups in total. The van der Waals surface area contributed by atoms with E-state index in [2.05, 4.69) is 5.16 Å². The smallest absolute Gasteiger partial charge is 0.220 e. The van der Waals surface area contributed by atoms with Crippen LogP contribution >= 0.6 is 11.6 Å². The molecule has 2 aromatic carbocycles. The van der Waals surface area contributed by atoms with Crippen molar-refractivity contribution < 1.29 is 13.7 Å². The van der Waals surface area contributed by atoms with Crippen LogP contribution in [-0.4, -0.2) is 16.8 Å². The van der Waals surface area contributed by atoms with E-state index < -0.39 is 11.9 Å². The highest BCUT2D eigenvalue weighted by Crippen LogP contribution is 2.40. The second-order valence-electron chi connectivity index (χ2n) is 6.37. The molecule has 1 atom stereocenters. The van der Waals surface area contributed by atoms with Gasteiger partial charge in [0.15, 0.2) is 5.76 Å². The maximum atomic E-state index is 14.1. The Morgan fingerprint density at radius 2 is 1.96 bits per heavy atom. The summed E-state index contributed by atoms with van der Waals surface area (Å²) < 4.78 is 19.6. The van der Waals surface area contributed by atoms with Crippen LogP contribution in [0.15, 0.2) is 52.0 Å². The summed E-state index contributed by atoms with van der Waals surface area (Å²) >= 11 is 6.00. The normalized spacial score (nSPS) is 15.5. The molecule has 0 spiro atoms. The first-order valence-corrected chi connectivity index (χ1v) is 8.70. The fourth-order valence-corrected chi connectivity index (χ4v) is 3.45. The van der Waals surface area contributed by atoms with E-state index in [-0.39, 0.29) is 12.2 Å². The molecule has 0 radical (unpaired) electrons. The molecule has 0 bridgehead atoms. The van der Waals surface area contributed by atoms with Gasteiger partial charge in [0.1, 0.15) is 11.9 Å². The zero-order valence-electron chi connectivity index (χ0n) is 14.4. The number of benzene rings is 2. The third kappa shape index (κ3) is 3.13. The number of halogens is 2. The molecule has 0 fully saturated rings. The van der Waals surface area contributed by atoms with Crippen LogP contribution in [0.4, 0.5) is 4.39 Å². The molecule has 7 heteroatoms. The molecule has 2 heterocycles. The Morgan fingerprint density at radius 3 is 2.67 bits per heavy atom. The van der Waals surface area contributed by atoms with E-state index in [1.165, 1.54) is 12.1 Å². The quantitative estimate of drug-likeness (QED) is 0.735. The first-order valence-electron chi connectivity index (χ1n) is 8.32. The number of aromatic nitrogens is 1. The molecular weight excluding hydrogens is 369 g/mol. The van der Waals surface area contributed by atoms with Crippen molar-refractivity contribution in [1.29, 1.82) is 0 Å². The molecule has 136 valence electrons. The number of aryl methyl sites for hydroxylation is 1. The molecule has 27 heavy (non-hydrogen) atoms. The van der Waals surface area contributed by atoms with Crippen LogP contribution in [-0.2, 0) is 4.79 Å². The molecule has 3 aromatic rings. The third-order valence-electron chi connectivity index (χ3n) is 4.49. The van der Waals surface area contributed by atoms with Crippen molar-refractivity contribution in [3.8, 4) is 11.1 Å². The second-order valence-corrected chi connectivity index (χ2v) is 6.80. The predicted molar refractivity (Wildman–Crippen MR) is 100 cm³/mol. The lowest BCUT2D eigenvalue weighted by molar-refractivity contribution is -0.118. The molecule has 4 rings (SSSR count). The van der Waals surface area contributed by atoms with E-state index in [9.17, 15) is 9.18 Å². The molecule has 0 saturated carbocycles. The zero-order chi connectivity index (χ0) is 19.1. The van der Waals surface area contributed by atoms with Gasteiger partial charge in [-0.05, 0) is 36.8 Å². The summed E-state index contributed by atoms with van der Waals surface area (Å²) in [5, 5.41) is 4.60. The van der Waals surface area contributed by atoms with Crippen LogP contribution in [0, 0.1) is 12.7 Å². The van der Waals surface area contributed by atoms with Gasteiger partial charge in [0.25, 0.3) is 0 Å². The first-order chi connectivity index (χ1) is 12.9. The summed E-state index contributed by atoms with van der Waals surface area (Å²) in [7, 11) is 0.